The minimum Gasteiger partial charge on any atom is -0.495 e. The Morgan fingerprint density at radius 3 is 2.55 bits per heavy atom. The van der Waals surface area contributed by atoms with E-state index in [-0.39, 0.29) is 37.0 Å². The van der Waals surface area contributed by atoms with Crippen molar-refractivity contribution in [2.24, 2.45) is 5.92 Å². The summed E-state index contributed by atoms with van der Waals surface area (Å²) in [5.74, 6) is 6.43. The van der Waals surface area contributed by atoms with Crippen LogP contribution in [0, 0.1) is 17.8 Å². The zero-order valence-corrected chi connectivity index (χ0v) is 27.0. The number of thioether (sulfide) groups is 1. The van der Waals surface area contributed by atoms with Gasteiger partial charge in [0.25, 0.3) is 0 Å². The number of benzene rings is 2. The van der Waals surface area contributed by atoms with Crippen molar-refractivity contribution in [3.8, 4) is 17.6 Å². The molecule has 4 rings (SSSR count). The third-order valence-corrected chi connectivity index (χ3v) is 7.99. The molecule has 2 atom stereocenters. The van der Waals surface area contributed by atoms with Crippen LogP contribution in [0.4, 0.5) is 28.9 Å². The molecule has 0 saturated carbocycles. The molecule has 240 valence electrons. The zero-order chi connectivity index (χ0) is 32.4. The molecule has 1 aromatic heterocycles. The molecular weight excluding hydrogens is 592 g/mol. The Morgan fingerprint density at radius 2 is 1.91 bits per heavy atom. The van der Waals surface area contributed by atoms with Gasteiger partial charge in [0, 0.05) is 35.0 Å². The molecule has 2 N–H and O–H groups in total. The Bertz CT molecular complexity index is 1460. The number of ketones is 1. The average molecular weight is 635 g/mol. The molecule has 0 amide bonds. The highest BCUT2D eigenvalue weighted by Crippen LogP contribution is 2.32. The monoisotopic (exact) mass is 634 g/mol. The third kappa shape index (κ3) is 9.32. The van der Waals surface area contributed by atoms with Crippen molar-refractivity contribution in [2.45, 2.75) is 63.9 Å². The maximum Gasteiger partial charge on any atom is 0.406 e. The van der Waals surface area contributed by atoms with Gasteiger partial charge in [0.2, 0.25) is 0 Å². The number of piperidine rings is 1. The Morgan fingerprint density at radius 1 is 1.16 bits per heavy atom. The number of Topliss-reactive ketones (excluding diaryl/α,β-unsaturated/α-hetero) is 1. The fourth-order valence-electron chi connectivity index (χ4n) is 4.96. The van der Waals surface area contributed by atoms with Crippen LogP contribution >= 0.6 is 11.8 Å². The van der Waals surface area contributed by atoms with Crippen LogP contribution < -0.4 is 15.4 Å². The Labute approximate surface area is 261 Å². The predicted octanol–water partition coefficient (Wildman–Crippen LogP) is 7.47. The number of methoxy groups -OCH3 is 1. The number of nitrogens with zero attached hydrogens (tertiary/aromatic N) is 2. The van der Waals surface area contributed by atoms with Gasteiger partial charge >= 0.3 is 6.18 Å². The van der Waals surface area contributed by atoms with Crippen molar-refractivity contribution < 1.29 is 27.1 Å². The van der Waals surface area contributed by atoms with E-state index in [1.165, 1.54) is 0 Å². The number of alkyl halides is 4. The summed E-state index contributed by atoms with van der Waals surface area (Å²) in [5.41, 5.74) is 1.85. The van der Waals surface area contributed by atoms with E-state index in [4.69, 9.17) is 4.74 Å². The van der Waals surface area contributed by atoms with Gasteiger partial charge < -0.3 is 19.9 Å². The second kappa shape index (κ2) is 16.1. The van der Waals surface area contributed by atoms with Crippen LogP contribution in [0.25, 0.3) is 10.9 Å². The quantitative estimate of drug-likeness (QED) is 0.137. The Hall–Kier alpha value is -3.36. The summed E-state index contributed by atoms with van der Waals surface area (Å²) in [5, 5.41) is 6.93. The molecule has 0 spiro atoms. The average Bonchev–Trinajstić information content (AvgIpc) is 3.34. The molecule has 0 radical (unpaired) electrons. The van der Waals surface area contributed by atoms with Crippen LogP contribution in [0.3, 0.4) is 0 Å². The van der Waals surface area contributed by atoms with Crippen molar-refractivity contribution >= 4 is 39.8 Å². The summed E-state index contributed by atoms with van der Waals surface area (Å²) in [7, 11) is 1.57. The minimum absolute atomic E-state index is 0.0702. The lowest BCUT2D eigenvalue weighted by Gasteiger charge is -2.35. The lowest BCUT2D eigenvalue weighted by Crippen LogP contribution is -2.49. The van der Waals surface area contributed by atoms with Crippen LogP contribution in [0.1, 0.15) is 39.8 Å². The number of rotatable bonds is 10. The number of carbonyl (C=O) groups excluding carboxylic acids is 1. The largest absolute Gasteiger partial charge is 0.495 e. The molecule has 2 unspecified atom stereocenters. The number of fused-ring (bicyclic) bond motifs is 1. The molecule has 11 heteroatoms. The third-order valence-electron chi connectivity index (χ3n) is 7.27. The normalized spacial score (nSPS) is 17.0. The molecule has 2 aromatic carbocycles. The highest BCUT2D eigenvalue weighted by Gasteiger charge is 2.32. The first-order valence-corrected chi connectivity index (χ1v) is 16.0. The molecule has 1 aliphatic heterocycles. The molecule has 1 saturated heterocycles. The minimum atomic E-state index is -4.46. The number of hydrogen-bond acceptors (Lipinski definition) is 6. The SMILES string of the molecule is CC.COc1cc(SC)ccc1NCC#Cc1cc2c(NC3CCN(CC(=O)C(C)C)CC3F)cccc2n1CC(F)(F)F. The summed E-state index contributed by atoms with van der Waals surface area (Å²) in [6, 6.07) is 11.8. The van der Waals surface area contributed by atoms with Gasteiger partial charge in [0.1, 0.15) is 24.2 Å². The first-order valence-electron chi connectivity index (χ1n) is 14.8. The van der Waals surface area contributed by atoms with Gasteiger partial charge in [-0.2, -0.15) is 13.2 Å². The number of likely N-dealkylation sites (tertiary alicyclic amines) is 1. The van der Waals surface area contributed by atoms with Crippen LogP contribution in [0.2, 0.25) is 0 Å². The smallest absolute Gasteiger partial charge is 0.406 e. The Balaban J connectivity index is 0.00000259. The molecule has 44 heavy (non-hydrogen) atoms. The molecule has 3 aromatic rings. The number of anilines is 2. The van der Waals surface area contributed by atoms with E-state index in [0.717, 1.165) is 15.1 Å². The summed E-state index contributed by atoms with van der Waals surface area (Å²) in [6.45, 7) is 7.53. The van der Waals surface area contributed by atoms with Gasteiger partial charge in [-0.1, -0.05) is 39.7 Å². The first-order chi connectivity index (χ1) is 21.0. The lowest BCUT2D eigenvalue weighted by atomic mass is 10.0. The van der Waals surface area contributed by atoms with Gasteiger partial charge in [-0.15, -0.1) is 11.8 Å². The molecular formula is C33H42F4N4O2S. The summed E-state index contributed by atoms with van der Waals surface area (Å²) >= 11 is 1.58. The van der Waals surface area contributed by atoms with Crippen molar-refractivity contribution in [1.82, 2.24) is 9.47 Å². The molecule has 1 fully saturated rings. The zero-order valence-electron chi connectivity index (χ0n) is 26.1. The summed E-state index contributed by atoms with van der Waals surface area (Å²) in [6.07, 6.45) is -3.27. The number of halogens is 4. The fraction of sp³-hybridized carbons (Fsp3) is 0.485. The second-order valence-corrected chi connectivity index (χ2v) is 11.5. The molecule has 0 aliphatic carbocycles. The summed E-state index contributed by atoms with van der Waals surface area (Å²) in [4.78, 5) is 15.0. The second-order valence-electron chi connectivity index (χ2n) is 10.6. The Kier molecular flexibility index (Phi) is 12.8. The van der Waals surface area contributed by atoms with Gasteiger partial charge in [-0.3, -0.25) is 9.69 Å². The number of aromatic nitrogens is 1. The fourth-order valence-corrected chi connectivity index (χ4v) is 5.39. The molecule has 0 bridgehead atoms. The summed E-state index contributed by atoms with van der Waals surface area (Å²) < 4.78 is 62.5. The van der Waals surface area contributed by atoms with Crippen LogP contribution in [-0.2, 0) is 11.3 Å². The van der Waals surface area contributed by atoms with Gasteiger partial charge in [0.15, 0.2) is 0 Å². The molecule has 6 nitrogen and oxygen atoms in total. The topological polar surface area (TPSA) is 58.5 Å². The first kappa shape index (κ1) is 35.1. The van der Waals surface area contributed by atoms with Gasteiger partial charge in [-0.25, -0.2) is 4.39 Å². The van der Waals surface area contributed by atoms with E-state index < -0.39 is 24.9 Å². The predicted molar refractivity (Wildman–Crippen MR) is 173 cm³/mol. The van der Waals surface area contributed by atoms with Gasteiger partial charge in [-0.05, 0) is 55.0 Å². The van der Waals surface area contributed by atoms with E-state index in [0.29, 0.717) is 35.3 Å². The standard InChI is InChI=1S/C31H36F4N4O2S.C2H6/c1-20(2)29(40)18-38-14-12-26(24(32)17-38)37-25-8-5-9-28-23(25)15-21(39(28)19-31(33,34)35)7-6-13-36-27-11-10-22(42-4)16-30(27)41-3;1-2/h5,8-11,15-16,20,24,26,36-37H,12-14,17-19H2,1-4H3;1-2H3. The van der Waals surface area contributed by atoms with Crippen molar-refractivity contribution in [2.75, 3.05) is 50.2 Å². The number of ether oxygens (including phenoxy) is 1. The number of hydrogen-bond donors (Lipinski definition) is 2. The molecule has 1 aliphatic rings. The van der Waals surface area contributed by atoms with Gasteiger partial charge in [0.05, 0.1) is 43.1 Å². The maximum absolute atomic E-state index is 15.2. The van der Waals surface area contributed by atoms with Crippen molar-refractivity contribution in [3.05, 3.63) is 48.2 Å². The molecule has 2 heterocycles. The van der Waals surface area contributed by atoms with Crippen molar-refractivity contribution in [1.29, 1.82) is 0 Å². The number of carbonyl (C=O) groups is 1. The van der Waals surface area contributed by atoms with Crippen LogP contribution in [0.15, 0.2) is 47.4 Å². The lowest BCUT2D eigenvalue weighted by molar-refractivity contribution is -0.140. The number of nitrogens with one attached hydrogen (secondary N) is 2. The van der Waals surface area contributed by atoms with E-state index >= 15 is 4.39 Å². The van der Waals surface area contributed by atoms with E-state index in [9.17, 15) is 18.0 Å². The highest BCUT2D eigenvalue weighted by atomic mass is 32.2. The van der Waals surface area contributed by atoms with E-state index in [1.807, 2.05) is 57.0 Å². The van der Waals surface area contributed by atoms with E-state index in [1.54, 1.807) is 43.1 Å². The highest BCUT2D eigenvalue weighted by molar-refractivity contribution is 7.98. The maximum atomic E-state index is 15.2. The van der Waals surface area contributed by atoms with E-state index in [2.05, 4.69) is 22.5 Å². The van der Waals surface area contributed by atoms with Crippen LogP contribution in [-0.4, -0.2) is 73.2 Å². The van der Waals surface area contributed by atoms with Crippen molar-refractivity contribution in [3.63, 3.8) is 0 Å². The van der Waals surface area contributed by atoms with Crippen LogP contribution in [0.5, 0.6) is 5.75 Å².